The molecule has 1 amide bonds. The van der Waals surface area contributed by atoms with Crippen molar-refractivity contribution in [3.63, 3.8) is 0 Å². The molecule has 2 aliphatic rings. The van der Waals surface area contributed by atoms with Gasteiger partial charge >= 0.3 is 0 Å². The first-order valence-corrected chi connectivity index (χ1v) is 9.19. The van der Waals surface area contributed by atoms with Gasteiger partial charge in [0.1, 0.15) is 0 Å². The largest absolute Gasteiger partial charge is 0.347 e. The maximum absolute atomic E-state index is 12.7. The van der Waals surface area contributed by atoms with E-state index in [4.69, 9.17) is 0 Å². The van der Waals surface area contributed by atoms with Gasteiger partial charge in [0.15, 0.2) is 5.69 Å². The van der Waals surface area contributed by atoms with Gasteiger partial charge in [-0.15, -0.1) is 0 Å². The van der Waals surface area contributed by atoms with Crippen molar-refractivity contribution in [2.24, 2.45) is 7.05 Å². The minimum atomic E-state index is -0.0395. The second-order valence-electron chi connectivity index (χ2n) is 7.24. The fourth-order valence-corrected chi connectivity index (χ4v) is 4.32. The lowest BCUT2D eigenvalue weighted by molar-refractivity contribution is 0.0930. The Morgan fingerprint density at radius 3 is 2.79 bits per heavy atom. The molecule has 4 rings (SSSR count). The summed E-state index contributed by atoms with van der Waals surface area (Å²) in [6, 6.07) is 8.89. The Balaban J connectivity index is 1.43. The SMILES string of the molecule is Cn1nc(C(=O)NC2CCN(C3CCCCC3)C2)c2ccccc21. The Bertz CT molecular complexity index is 732. The molecule has 1 aromatic heterocycles. The van der Waals surface area contributed by atoms with E-state index in [1.54, 1.807) is 4.68 Å². The molecule has 2 heterocycles. The Kier molecular flexibility index (Phi) is 4.27. The molecule has 1 saturated heterocycles. The number of aryl methyl sites for hydroxylation is 1. The van der Waals surface area contributed by atoms with Crippen LogP contribution in [0.1, 0.15) is 49.0 Å². The molecular weight excluding hydrogens is 300 g/mol. The van der Waals surface area contributed by atoms with Crippen LogP contribution >= 0.6 is 0 Å². The van der Waals surface area contributed by atoms with Crippen molar-refractivity contribution >= 4 is 16.8 Å². The summed E-state index contributed by atoms with van der Waals surface area (Å²) in [5.74, 6) is -0.0395. The van der Waals surface area contributed by atoms with Crippen LogP contribution in [0.3, 0.4) is 0 Å². The smallest absolute Gasteiger partial charge is 0.272 e. The molecule has 0 spiro atoms. The van der Waals surface area contributed by atoms with Crippen LogP contribution in [0, 0.1) is 0 Å². The Morgan fingerprint density at radius 1 is 1.17 bits per heavy atom. The number of nitrogens with zero attached hydrogens (tertiary/aromatic N) is 3. The standard InChI is InChI=1S/C19H26N4O/c1-22-17-10-6-5-9-16(17)18(21-22)19(24)20-14-11-12-23(13-14)15-7-3-2-4-8-15/h5-6,9-10,14-15H,2-4,7-8,11-13H2,1H3,(H,20,24). The lowest BCUT2D eigenvalue weighted by Crippen LogP contribution is -2.40. The summed E-state index contributed by atoms with van der Waals surface area (Å²) in [7, 11) is 1.89. The summed E-state index contributed by atoms with van der Waals surface area (Å²) in [5.41, 5.74) is 1.54. The van der Waals surface area contributed by atoms with Gasteiger partial charge in [0.25, 0.3) is 5.91 Å². The van der Waals surface area contributed by atoms with E-state index in [9.17, 15) is 4.79 Å². The summed E-state index contributed by atoms with van der Waals surface area (Å²) in [6.07, 6.45) is 7.80. The summed E-state index contributed by atoms with van der Waals surface area (Å²) in [6.45, 7) is 2.10. The number of hydrogen-bond donors (Lipinski definition) is 1. The minimum absolute atomic E-state index is 0.0395. The molecule has 128 valence electrons. The molecule has 5 nitrogen and oxygen atoms in total. The summed E-state index contributed by atoms with van der Waals surface area (Å²) in [5, 5.41) is 8.58. The van der Waals surface area contributed by atoms with E-state index in [-0.39, 0.29) is 11.9 Å². The predicted octanol–water partition coefficient (Wildman–Crippen LogP) is 2.71. The van der Waals surface area contributed by atoms with E-state index >= 15 is 0 Å². The third-order valence-electron chi connectivity index (χ3n) is 5.62. The number of hydrogen-bond acceptors (Lipinski definition) is 3. The van der Waals surface area contributed by atoms with Crippen LogP contribution in [0.2, 0.25) is 0 Å². The van der Waals surface area contributed by atoms with Crippen molar-refractivity contribution in [2.45, 2.75) is 50.6 Å². The maximum Gasteiger partial charge on any atom is 0.272 e. The molecule has 2 aromatic rings. The topological polar surface area (TPSA) is 50.2 Å². The molecule has 1 N–H and O–H groups in total. The lowest BCUT2D eigenvalue weighted by atomic mass is 9.94. The van der Waals surface area contributed by atoms with Crippen LogP contribution < -0.4 is 5.32 Å². The second kappa shape index (κ2) is 6.55. The van der Waals surface area contributed by atoms with E-state index in [1.165, 1.54) is 32.1 Å². The zero-order valence-corrected chi connectivity index (χ0v) is 14.4. The molecule has 24 heavy (non-hydrogen) atoms. The van der Waals surface area contributed by atoms with Crippen LogP contribution in [0.25, 0.3) is 10.9 Å². The number of carbonyl (C=O) groups is 1. The molecule has 1 aliphatic carbocycles. The Hall–Kier alpha value is -1.88. The molecule has 1 saturated carbocycles. The number of rotatable bonds is 3. The number of aromatic nitrogens is 2. The number of para-hydroxylation sites is 1. The van der Waals surface area contributed by atoms with Crippen molar-refractivity contribution in [3.05, 3.63) is 30.0 Å². The molecular formula is C19H26N4O. The zero-order chi connectivity index (χ0) is 16.5. The van der Waals surface area contributed by atoms with Gasteiger partial charge < -0.3 is 5.32 Å². The maximum atomic E-state index is 12.7. The van der Waals surface area contributed by atoms with E-state index in [0.717, 1.165) is 36.5 Å². The first kappa shape index (κ1) is 15.6. The first-order valence-electron chi connectivity index (χ1n) is 9.19. The highest BCUT2D eigenvalue weighted by Gasteiger charge is 2.30. The first-order chi connectivity index (χ1) is 11.7. The third-order valence-corrected chi connectivity index (χ3v) is 5.62. The zero-order valence-electron chi connectivity index (χ0n) is 14.4. The van der Waals surface area contributed by atoms with Crippen molar-refractivity contribution in [3.8, 4) is 0 Å². The average Bonchev–Trinajstić information content (AvgIpc) is 3.21. The number of likely N-dealkylation sites (tertiary alicyclic amines) is 1. The van der Waals surface area contributed by atoms with Gasteiger partial charge in [0.05, 0.1) is 5.52 Å². The van der Waals surface area contributed by atoms with E-state index in [0.29, 0.717) is 5.69 Å². The van der Waals surface area contributed by atoms with Gasteiger partial charge in [-0.2, -0.15) is 5.10 Å². The molecule has 1 unspecified atom stereocenters. The van der Waals surface area contributed by atoms with Crippen molar-refractivity contribution in [1.82, 2.24) is 20.0 Å². The van der Waals surface area contributed by atoms with Crippen LogP contribution in [-0.2, 0) is 7.05 Å². The minimum Gasteiger partial charge on any atom is -0.347 e. The molecule has 0 bridgehead atoms. The van der Waals surface area contributed by atoms with Gasteiger partial charge in [-0.05, 0) is 25.3 Å². The van der Waals surface area contributed by atoms with Crippen LogP contribution in [-0.4, -0.2) is 45.8 Å². The van der Waals surface area contributed by atoms with Gasteiger partial charge in [-0.25, -0.2) is 0 Å². The third kappa shape index (κ3) is 2.93. The quantitative estimate of drug-likeness (QED) is 0.943. The van der Waals surface area contributed by atoms with Crippen LogP contribution in [0.15, 0.2) is 24.3 Å². The highest BCUT2D eigenvalue weighted by atomic mass is 16.2. The summed E-state index contributed by atoms with van der Waals surface area (Å²) in [4.78, 5) is 15.3. The number of benzene rings is 1. The van der Waals surface area contributed by atoms with Crippen molar-refractivity contribution in [2.75, 3.05) is 13.1 Å². The number of fused-ring (bicyclic) bond motifs is 1. The predicted molar refractivity (Wildman–Crippen MR) is 95.0 cm³/mol. The van der Waals surface area contributed by atoms with E-state index in [1.807, 2.05) is 31.3 Å². The molecule has 0 radical (unpaired) electrons. The molecule has 5 heteroatoms. The summed E-state index contributed by atoms with van der Waals surface area (Å²) >= 11 is 0. The number of amides is 1. The molecule has 1 aromatic carbocycles. The highest BCUT2D eigenvalue weighted by Crippen LogP contribution is 2.26. The fourth-order valence-electron chi connectivity index (χ4n) is 4.32. The Morgan fingerprint density at radius 2 is 1.96 bits per heavy atom. The Labute approximate surface area is 143 Å². The average molecular weight is 326 g/mol. The lowest BCUT2D eigenvalue weighted by Gasteiger charge is -2.31. The van der Waals surface area contributed by atoms with Gasteiger partial charge in [0, 0.05) is 37.6 Å². The van der Waals surface area contributed by atoms with Gasteiger partial charge in [0.2, 0.25) is 0 Å². The fraction of sp³-hybridized carbons (Fsp3) is 0.579. The molecule has 1 atom stereocenters. The second-order valence-corrected chi connectivity index (χ2v) is 7.24. The normalized spacial score (nSPS) is 23.0. The number of nitrogens with one attached hydrogen (secondary N) is 1. The van der Waals surface area contributed by atoms with Crippen LogP contribution in [0.5, 0.6) is 0 Å². The molecule has 2 fully saturated rings. The van der Waals surface area contributed by atoms with Crippen molar-refractivity contribution in [1.29, 1.82) is 0 Å². The number of carbonyl (C=O) groups excluding carboxylic acids is 1. The van der Waals surface area contributed by atoms with Gasteiger partial charge in [-0.1, -0.05) is 37.5 Å². The molecule has 1 aliphatic heterocycles. The van der Waals surface area contributed by atoms with E-state index in [2.05, 4.69) is 15.3 Å². The van der Waals surface area contributed by atoms with Crippen LogP contribution in [0.4, 0.5) is 0 Å². The van der Waals surface area contributed by atoms with Crippen molar-refractivity contribution < 1.29 is 4.79 Å². The monoisotopic (exact) mass is 326 g/mol. The van der Waals surface area contributed by atoms with Gasteiger partial charge in [-0.3, -0.25) is 14.4 Å². The van der Waals surface area contributed by atoms with E-state index < -0.39 is 0 Å². The highest BCUT2D eigenvalue weighted by molar-refractivity contribution is 6.04. The summed E-state index contributed by atoms with van der Waals surface area (Å²) < 4.78 is 1.78.